The second-order valence-corrected chi connectivity index (χ2v) is 4.79. The molecule has 0 aromatic heterocycles. The van der Waals surface area contributed by atoms with E-state index in [9.17, 15) is 9.59 Å². The number of carbonyl (C=O) groups excluding carboxylic acids is 2. The first-order chi connectivity index (χ1) is 11.1. The maximum atomic E-state index is 12.1. The summed E-state index contributed by atoms with van der Waals surface area (Å²) in [5.74, 6) is -0.452. The highest BCUT2D eigenvalue weighted by Gasteiger charge is 2.19. The lowest BCUT2D eigenvalue weighted by Gasteiger charge is -2.12. The van der Waals surface area contributed by atoms with Gasteiger partial charge in [-0.2, -0.15) is 5.26 Å². The summed E-state index contributed by atoms with van der Waals surface area (Å²) in [5, 5.41) is 8.69. The van der Waals surface area contributed by atoms with Crippen LogP contribution < -0.4 is 4.74 Å². The van der Waals surface area contributed by atoms with Crippen molar-refractivity contribution in [2.45, 2.75) is 13.0 Å². The Morgan fingerprint density at radius 1 is 1.09 bits per heavy atom. The topological polar surface area (TPSA) is 76.4 Å². The van der Waals surface area contributed by atoms with Gasteiger partial charge >= 0.3 is 5.97 Å². The van der Waals surface area contributed by atoms with Gasteiger partial charge in [-0.25, -0.2) is 4.79 Å². The molecule has 0 aliphatic rings. The predicted octanol–water partition coefficient (Wildman–Crippen LogP) is 2.75. The van der Waals surface area contributed by atoms with E-state index in [-0.39, 0.29) is 12.4 Å². The molecule has 0 fully saturated rings. The molecule has 23 heavy (non-hydrogen) atoms. The molecular weight excluding hydrogens is 294 g/mol. The molecule has 0 radical (unpaired) electrons. The van der Waals surface area contributed by atoms with Crippen molar-refractivity contribution in [3.05, 3.63) is 65.7 Å². The highest BCUT2D eigenvalue weighted by atomic mass is 16.6. The second kappa shape index (κ2) is 7.76. The Balaban J connectivity index is 1.84. The van der Waals surface area contributed by atoms with Gasteiger partial charge in [0.25, 0.3) is 0 Å². The third kappa shape index (κ3) is 4.68. The lowest BCUT2D eigenvalue weighted by atomic mass is 10.1. The van der Waals surface area contributed by atoms with Gasteiger partial charge in [-0.3, -0.25) is 4.79 Å². The van der Waals surface area contributed by atoms with Crippen molar-refractivity contribution < 1.29 is 19.1 Å². The summed E-state index contributed by atoms with van der Waals surface area (Å²) in [6.07, 6.45) is -0.880. The normalized spacial score (nSPS) is 11.1. The molecule has 1 unspecified atom stereocenters. The number of ether oxygens (including phenoxy) is 2. The molecule has 0 spiro atoms. The number of nitrogens with zero attached hydrogens (tertiary/aromatic N) is 1. The number of hydrogen-bond acceptors (Lipinski definition) is 5. The third-order valence-corrected chi connectivity index (χ3v) is 3.08. The van der Waals surface area contributed by atoms with Crippen LogP contribution in [0.25, 0.3) is 0 Å². The van der Waals surface area contributed by atoms with Crippen LogP contribution in [0.4, 0.5) is 0 Å². The Labute approximate surface area is 134 Å². The average molecular weight is 309 g/mol. The molecular formula is C18H15NO4. The molecule has 0 aliphatic heterocycles. The molecule has 1 atom stereocenters. The van der Waals surface area contributed by atoms with Crippen LogP contribution in [0.5, 0.6) is 5.75 Å². The van der Waals surface area contributed by atoms with Crippen LogP contribution in [-0.2, 0) is 9.53 Å². The van der Waals surface area contributed by atoms with Crippen LogP contribution in [0.15, 0.2) is 54.6 Å². The predicted molar refractivity (Wildman–Crippen MR) is 83.0 cm³/mol. The highest BCUT2D eigenvalue weighted by molar-refractivity contribution is 6.00. The number of carbonyl (C=O) groups is 2. The van der Waals surface area contributed by atoms with E-state index < -0.39 is 12.1 Å². The lowest BCUT2D eigenvalue weighted by Crippen LogP contribution is -2.27. The molecule has 5 nitrogen and oxygen atoms in total. The summed E-state index contributed by atoms with van der Waals surface area (Å²) >= 11 is 0. The van der Waals surface area contributed by atoms with Crippen LogP contribution in [0.3, 0.4) is 0 Å². The van der Waals surface area contributed by atoms with E-state index in [0.29, 0.717) is 16.9 Å². The molecule has 2 rings (SSSR count). The first-order valence-corrected chi connectivity index (χ1v) is 7.02. The van der Waals surface area contributed by atoms with Crippen LogP contribution >= 0.6 is 0 Å². The Hall–Kier alpha value is -3.13. The summed E-state index contributed by atoms with van der Waals surface area (Å²) in [4.78, 5) is 23.8. The number of Topliss-reactive ketones (excluding diaryl/α,β-unsaturated/α-hetero) is 1. The number of ketones is 1. The largest absolute Gasteiger partial charge is 0.482 e. The summed E-state index contributed by atoms with van der Waals surface area (Å²) in [6.45, 7) is 1.22. The van der Waals surface area contributed by atoms with Crippen molar-refractivity contribution >= 4 is 11.8 Å². The zero-order valence-electron chi connectivity index (χ0n) is 12.6. The molecule has 0 saturated heterocycles. The smallest absolute Gasteiger partial charge is 0.344 e. The van der Waals surface area contributed by atoms with Crippen LogP contribution in [0.2, 0.25) is 0 Å². The summed E-state index contributed by atoms with van der Waals surface area (Å²) in [6, 6.07) is 17.0. The van der Waals surface area contributed by atoms with Gasteiger partial charge in [0.1, 0.15) is 5.75 Å². The molecule has 2 aromatic carbocycles. The van der Waals surface area contributed by atoms with E-state index in [0.717, 1.165) is 0 Å². The van der Waals surface area contributed by atoms with Crippen molar-refractivity contribution in [2.24, 2.45) is 0 Å². The van der Waals surface area contributed by atoms with E-state index in [1.807, 2.05) is 6.07 Å². The van der Waals surface area contributed by atoms with Gasteiger partial charge in [0.15, 0.2) is 12.7 Å². The highest BCUT2D eigenvalue weighted by Crippen LogP contribution is 2.12. The third-order valence-electron chi connectivity index (χ3n) is 3.08. The molecule has 0 heterocycles. The maximum Gasteiger partial charge on any atom is 0.344 e. The van der Waals surface area contributed by atoms with E-state index in [2.05, 4.69) is 0 Å². The fourth-order valence-corrected chi connectivity index (χ4v) is 1.89. The van der Waals surface area contributed by atoms with Crippen molar-refractivity contribution in [1.82, 2.24) is 0 Å². The van der Waals surface area contributed by atoms with Gasteiger partial charge in [-0.05, 0) is 31.2 Å². The van der Waals surface area contributed by atoms with Crippen LogP contribution in [-0.4, -0.2) is 24.5 Å². The Bertz CT molecular complexity index is 717. The van der Waals surface area contributed by atoms with Gasteiger partial charge < -0.3 is 9.47 Å². The number of hydrogen-bond donors (Lipinski definition) is 0. The zero-order valence-corrected chi connectivity index (χ0v) is 12.6. The van der Waals surface area contributed by atoms with Gasteiger partial charge in [0, 0.05) is 5.56 Å². The molecule has 116 valence electrons. The molecule has 0 bridgehead atoms. The molecule has 5 heteroatoms. The number of nitriles is 1. The quantitative estimate of drug-likeness (QED) is 0.606. The minimum atomic E-state index is -0.880. The second-order valence-electron chi connectivity index (χ2n) is 4.79. The first kappa shape index (κ1) is 16.2. The molecule has 0 amide bonds. The minimum Gasteiger partial charge on any atom is -0.482 e. The van der Waals surface area contributed by atoms with Crippen LogP contribution in [0, 0.1) is 11.3 Å². The Morgan fingerprint density at radius 2 is 1.74 bits per heavy atom. The molecule has 0 aliphatic carbocycles. The van der Waals surface area contributed by atoms with Crippen molar-refractivity contribution in [3.8, 4) is 11.8 Å². The SMILES string of the molecule is CC(OC(=O)COc1ccc(C#N)cc1)C(=O)c1ccccc1. The molecule has 2 aromatic rings. The summed E-state index contributed by atoms with van der Waals surface area (Å²) in [7, 11) is 0. The summed E-state index contributed by atoms with van der Waals surface area (Å²) < 4.78 is 10.3. The van der Waals surface area contributed by atoms with Gasteiger partial charge in [0.2, 0.25) is 5.78 Å². The maximum absolute atomic E-state index is 12.1. The number of benzene rings is 2. The fourth-order valence-electron chi connectivity index (χ4n) is 1.89. The fraction of sp³-hybridized carbons (Fsp3) is 0.167. The number of esters is 1. The van der Waals surface area contributed by atoms with E-state index >= 15 is 0 Å². The molecule has 0 N–H and O–H groups in total. The number of rotatable bonds is 6. The van der Waals surface area contributed by atoms with E-state index in [4.69, 9.17) is 14.7 Å². The lowest BCUT2D eigenvalue weighted by molar-refractivity contribution is -0.148. The van der Waals surface area contributed by atoms with E-state index in [1.165, 1.54) is 6.92 Å². The van der Waals surface area contributed by atoms with Crippen molar-refractivity contribution in [3.63, 3.8) is 0 Å². The Morgan fingerprint density at radius 3 is 2.35 bits per heavy atom. The average Bonchev–Trinajstić information content (AvgIpc) is 2.60. The first-order valence-electron chi connectivity index (χ1n) is 7.02. The van der Waals surface area contributed by atoms with Crippen LogP contribution in [0.1, 0.15) is 22.8 Å². The standard InChI is InChI=1S/C18H15NO4/c1-13(18(21)15-5-3-2-4-6-15)23-17(20)12-22-16-9-7-14(11-19)8-10-16/h2-10,13H,12H2,1H3. The Kier molecular flexibility index (Phi) is 5.48. The van der Waals surface area contributed by atoms with Crippen molar-refractivity contribution in [2.75, 3.05) is 6.61 Å². The van der Waals surface area contributed by atoms with Crippen molar-refractivity contribution in [1.29, 1.82) is 5.26 Å². The van der Waals surface area contributed by atoms with Gasteiger partial charge in [-0.15, -0.1) is 0 Å². The van der Waals surface area contributed by atoms with Gasteiger partial charge in [0.05, 0.1) is 11.6 Å². The van der Waals surface area contributed by atoms with E-state index in [1.54, 1.807) is 54.6 Å². The zero-order chi connectivity index (χ0) is 16.7. The molecule has 0 saturated carbocycles. The summed E-state index contributed by atoms with van der Waals surface area (Å²) in [5.41, 5.74) is 0.989. The monoisotopic (exact) mass is 309 g/mol. The minimum absolute atomic E-state index is 0.266. The van der Waals surface area contributed by atoms with Gasteiger partial charge in [-0.1, -0.05) is 30.3 Å².